The lowest BCUT2D eigenvalue weighted by Gasteiger charge is -2.10. The van der Waals surface area contributed by atoms with Crippen LogP contribution in [0.25, 0.3) is 0 Å². The summed E-state index contributed by atoms with van der Waals surface area (Å²) in [7, 11) is 0. The van der Waals surface area contributed by atoms with E-state index in [0.717, 1.165) is 23.7 Å². The molecule has 1 aliphatic heterocycles. The first kappa shape index (κ1) is 13.5. The van der Waals surface area contributed by atoms with Crippen LogP contribution in [0.3, 0.4) is 0 Å². The molecule has 1 atom stereocenters. The molecular weight excluding hydrogens is 290 g/mol. The average molecular weight is 308 g/mol. The molecule has 0 aromatic heterocycles. The van der Waals surface area contributed by atoms with Gasteiger partial charge >= 0.3 is 0 Å². The molecule has 1 aliphatic rings. The first-order valence-electron chi connectivity index (χ1n) is 6.44. The maximum Gasteiger partial charge on any atom is 0.131 e. The fourth-order valence-corrected chi connectivity index (χ4v) is 3.11. The monoisotopic (exact) mass is 307 g/mol. The number of benzene rings is 1. The van der Waals surface area contributed by atoms with Gasteiger partial charge in [-0.15, -0.1) is 0 Å². The Hall–Kier alpha value is -0.960. The van der Waals surface area contributed by atoms with Crippen molar-refractivity contribution in [2.45, 2.75) is 45.6 Å². The SMILES string of the molecule is CCc1c(Br)ccc2c1C=NC(CC(C)=O)CC2. The van der Waals surface area contributed by atoms with Crippen LogP contribution < -0.4 is 0 Å². The number of hydrogen-bond donors (Lipinski definition) is 0. The zero-order valence-electron chi connectivity index (χ0n) is 10.9. The minimum atomic E-state index is 0.151. The first-order valence-corrected chi connectivity index (χ1v) is 7.24. The second-order valence-corrected chi connectivity index (χ2v) is 5.68. The Bertz CT molecular complexity index is 494. The van der Waals surface area contributed by atoms with Crippen molar-refractivity contribution in [3.63, 3.8) is 0 Å². The lowest BCUT2D eigenvalue weighted by Crippen LogP contribution is -2.09. The summed E-state index contributed by atoms with van der Waals surface area (Å²) < 4.78 is 1.15. The minimum Gasteiger partial charge on any atom is -0.300 e. The lowest BCUT2D eigenvalue weighted by molar-refractivity contribution is -0.117. The van der Waals surface area contributed by atoms with Crippen LogP contribution in [0.15, 0.2) is 21.6 Å². The van der Waals surface area contributed by atoms with E-state index in [1.165, 1.54) is 16.7 Å². The van der Waals surface area contributed by atoms with E-state index in [1.54, 1.807) is 6.92 Å². The van der Waals surface area contributed by atoms with Gasteiger partial charge in [0.1, 0.15) is 5.78 Å². The quantitative estimate of drug-likeness (QED) is 0.836. The number of ketones is 1. The Kier molecular flexibility index (Phi) is 4.33. The predicted molar refractivity (Wildman–Crippen MR) is 78.5 cm³/mol. The highest BCUT2D eigenvalue weighted by molar-refractivity contribution is 9.10. The topological polar surface area (TPSA) is 29.4 Å². The van der Waals surface area contributed by atoms with Crippen LogP contribution in [0, 0.1) is 0 Å². The lowest BCUT2D eigenvalue weighted by atomic mass is 9.96. The molecule has 1 aromatic rings. The number of nitrogens with zero attached hydrogens (tertiary/aromatic N) is 1. The van der Waals surface area contributed by atoms with E-state index in [9.17, 15) is 4.79 Å². The molecule has 1 aromatic carbocycles. The molecule has 0 N–H and O–H groups in total. The summed E-state index contributed by atoms with van der Waals surface area (Å²) in [4.78, 5) is 15.8. The number of Topliss-reactive ketones (excluding diaryl/α,β-unsaturated/α-hetero) is 1. The molecule has 18 heavy (non-hydrogen) atoms. The van der Waals surface area contributed by atoms with Gasteiger partial charge in [0.15, 0.2) is 0 Å². The number of halogens is 1. The highest BCUT2D eigenvalue weighted by atomic mass is 79.9. The number of aryl methyl sites for hydroxylation is 1. The van der Waals surface area contributed by atoms with E-state index in [4.69, 9.17) is 0 Å². The number of rotatable bonds is 3. The molecule has 0 bridgehead atoms. The molecule has 96 valence electrons. The fraction of sp³-hybridized carbons (Fsp3) is 0.467. The summed E-state index contributed by atoms with van der Waals surface area (Å²) in [5.41, 5.74) is 3.92. The van der Waals surface area contributed by atoms with Crippen molar-refractivity contribution in [3.8, 4) is 0 Å². The Morgan fingerprint density at radius 3 is 2.94 bits per heavy atom. The maximum atomic E-state index is 11.2. The molecule has 0 fully saturated rings. The third kappa shape index (κ3) is 2.89. The molecule has 0 amide bonds. The van der Waals surface area contributed by atoms with Gasteiger partial charge < -0.3 is 0 Å². The van der Waals surface area contributed by atoms with Crippen LogP contribution in [0.5, 0.6) is 0 Å². The summed E-state index contributed by atoms with van der Waals surface area (Å²) in [5.74, 6) is 0.222. The molecule has 0 radical (unpaired) electrons. The second kappa shape index (κ2) is 5.79. The molecule has 2 nitrogen and oxygen atoms in total. The van der Waals surface area contributed by atoms with E-state index < -0.39 is 0 Å². The zero-order chi connectivity index (χ0) is 13.1. The maximum absolute atomic E-state index is 11.2. The molecule has 1 heterocycles. The predicted octanol–water partition coefficient (Wildman–Crippen LogP) is 3.72. The van der Waals surface area contributed by atoms with Gasteiger partial charge in [0.2, 0.25) is 0 Å². The van der Waals surface area contributed by atoms with E-state index in [1.807, 2.05) is 6.21 Å². The van der Waals surface area contributed by atoms with E-state index >= 15 is 0 Å². The molecule has 2 rings (SSSR count). The number of hydrogen-bond acceptors (Lipinski definition) is 2. The van der Waals surface area contributed by atoms with Crippen molar-refractivity contribution < 1.29 is 4.79 Å². The Morgan fingerprint density at radius 1 is 1.50 bits per heavy atom. The normalized spacial score (nSPS) is 18.3. The molecule has 0 spiro atoms. The van der Waals surface area contributed by atoms with Crippen LogP contribution >= 0.6 is 15.9 Å². The van der Waals surface area contributed by atoms with Gasteiger partial charge in [-0.25, -0.2) is 0 Å². The van der Waals surface area contributed by atoms with Crippen LogP contribution in [-0.4, -0.2) is 18.0 Å². The second-order valence-electron chi connectivity index (χ2n) is 4.83. The van der Waals surface area contributed by atoms with E-state index in [-0.39, 0.29) is 11.8 Å². The van der Waals surface area contributed by atoms with Gasteiger partial charge in [-0.2, -0.15) is 0 Å². The van der Waals surface area contributed by atoms with Gasteiger partial charge in [-0.05, 0) is 48.9 Å². The minimum absolute atomic E-state index is 0.151. The van der Waals surface area contributed by atoms with Gasteiger partial charge in [0.25, 0.3) is 0 Å². The standard InChI is InChI=1S/C15H18BrNO/c1-3-13-14-9-17-12(8-10(2)18)6-4-11(14)5-7-15(13)16/h5,7,9,12H,3-4,6,8H2,1-2H3. The van der Waals surface area contributed by atoms with Crippen LogP contribution in [0.4, 0.5) is 0 Å². The van der Waals surface area contributed by atoms with Gasteiger partial charge in [-0.3, -0.25) is 9.79 Å². The molecule has 0 saturated heterocycles. The van der Waals surface area contributed by atoms with Gasteiger partial charge in [0, 0.05) is 17.1 Å². The highest BCUT2D eigenvalue weighted by Crippen LogP contribution is 2.27. The highest BCUT2D eigenvalue weighted by Gasteiger charge is 2.16. The number of carbonyl (C=O) groups excluding carboxylic acids is 1. The van der Waals surface area contributed by atoms with Crippen molar-refractivity contribution in [3.05, 3.63) is 33.3 Å². The van der Waals surface area contributed by atoms with E-state index in [0.29, 0.717) is 6.42 Å². The summed E-state index contributed by atoms with van der Waals surface area (Å²) in [5, 5.41) is 0. The zero-order valence-corrected chi connectivity index (χ0v) is 12.5. The molecule has 0 saturated carbocycles. The smallest absolute Gasteiger partial charge is 0.131 e. The third-order valence-electron chi connectivity index (χ3n) is 3.43. The summed E-state index contributed by atoms with van der Waals surface area (Å²) in [6.45, 7) is 3.80. The Balaban J connectivity index is 2.33. The summed E-state index contributed by atoms with van der Waals surface area (Å²) >= 11 is 3.60. The Labute approximate surface area is 117 Å². The molecule has 3 heteroatoms. The van der Waals surface area contributed by atoms with Gasteiger partial charge in [-0.1, -0.05) is 28.9 Å². The van der Waals surface area contributed by atoms with E-state index in [2.05, 4.69) is 40.0 Å². The summed E-state index contributed by atoms with van der Waals surface area (Å²) in [6, 6.07) is 4.44. The number of fused-ring (bicyclic) bond motifs is 1. The summed E-state index contributed by atoms with van der Waals surface area (Å²) in [6.07, 6.45) is 5.50. The third-order valence-corrected chi connectivity index (χ3v) is 4.17. The number of carbonyl (C=O) groups is 1. The number of aliphatic imine (C=N–C) groups is 1. The van der Waals surface area contributed by atoms with Crippen molar-refractivity contribution in [2.24, 2.45) is 4.99 Å². The molecule has 0 aliphatic carbocycles. The van der Waals surface area contributed by atoms with Crippen LogP contribution in [0.2, 0.25) is 0 Å². The molecule has 1 unspecified atom stereocenters. The largest absolute Gasteiger partial charge is 0.300 e. The Morgan fingerprint density at radius 2 is 2.28 bits per heavy atom. The average Bonchev–Trinajstić information content (AvgIpc) is 2.52. The van der Waals surface area contributed by atoms with Crippen LogP contribution in [-0.2, 0) is 17.6 Å². The fourth-order valence-electron chi connectivity index (χ4n) is 2.49. The van der Waals surface area contributed by atoms with Crippen molar-refractivity contribution in [1.29, 1.82) is 0 Å². The van der Waals surface area contributed by atoms with Gasteiger partial charge in [0.05, 0.1) is 6.04 Å². The van der Waals surface area contributed by atoms with Crippen molar-refractivity contribution in [1.82, 2.24) is 0 Å². The van der Waals surface area contributed by atoms with Crippen molar-refractivity contribution in [2.75, 3.05) is 0 Å². The van der Waals surface area contributed by atoms with Crippen LogP contribution in [0.1, 0.15) is 43.4 Å². The molecular formula is C15H18BrNO. The van der Waals surface area contributed by atoms with Crippen molar-refractivity contribution >= 4 is 27.9 Å². The first-order chi connectivity index (χ1) is 8.61.